The average Bonchev–Trinajstić information content (AvgIpc) is 2.55. The molecule has 1 fully saturated rings. The summed E-state index contributed by atoms with van der Waals surface area (Å²) in [5, 5.41) is 2.91. The van der Waals surface area contributed by atoms with Gasteiger partial charge in [-0.1, -0.05) is 12.7 Å². The van der Waals surface area contributed by atoms with E-state index < -0.39 is 0 Å². The molecule has 0 bridgehead atoms. The van der Waals surface area contributed by atoms with Crippen molar-refractivity contribution in [3.63, 3.8) is 0 Å². The topological polar surface area (TPSA) is 56.8 Å². The van der Waals surface area contributed by atoms with Gasteiger partial charge in [0, 0.05) is 18.4 Å². The molecule has 2 heterocycles. The van der Waals surface area contributed by atoms with Crippen LogP contribution in [0.15, 0.2) is 24.8 Å². The number of hydrogen-bond acceptors (Lipinski definition) is 4. The van der Waals surface area contributed by atoms with Crippen LogP contribution in [0.25, 0.3) is 0 Å². The van der Waals surface area contributed by atoms with Crippen molar-refractivity contribution in [3.05, 3.63) is 30.4 Å². The van der Waals surface area contributed by atoms with Crippen LogP contribution in [0.1, 0.15) is 31.2 Å². The van der Waals surface area contributed by atoms with Gasteiger partial charge < -0.3 is 19.5 Å². The van der Waals surface area contributed by atoms with Gasteiger partial charge in [-0.25, -0.2) is 0 Å². The number of hydrogen-bond donors (Lipinski definition) is 1. The quantitative estimate of drug-likeness (QED) is 0.849. The van der Waals surface area contributed by atoms with E-state index >= 15 is 0 Å². The van der Waals surface area contributed by atoms with Crippen molar-refractivity contribution < 1.29 is 19.0 Å². The molecule has 0 aromatic heterocycles. The summed E-state index contributed by atoms with van der Waals surface area (Å²) in [7, 11) is 0. The Morgan fingerprint density at radius 2 is 2.18 bits per heavy atom. The number of carbonyl (C=O) groups excluding carboxylic acids is 1. The van der Waals surface area contributed by atoms with Crippen LogP contribution >= 0.6 is 0 Å². The van der Waals surface area contributed by atoms with Gasteiger partial charge in [-0.2, -0.15) is 0 Å². The summed E-state index contributed by atoms with van der Waals surface area (Å²) in [5.74, 6) is 1.43. The average molecular weight is 303 g/mol. The van der Waals surface area contributed by atoms with E-state index in [0.717, 1.165) is 37.2 Å². The molecule has 0 spiro atoms. The zero-order valence-electron chi connectivity index (χ0n) is 12.6. The van der Waals surface area contributed by atoms with Crippen LogP contribution in [0, 0.1) is 0 Å². The van der Waals surface area contributed by atoms with Crippen molar-refractivity contribution in [2.45, 2.75) is 38.4 Å². The Kier molecular flexibility index (Phi) is 4.63. The van der Waals surface area contributed by atoms with Crippen LogP contribution in [0.5, 0.6) is 11.5 Å². The van der Waals surface area contributed by atoms with Crippen molar-refractivity contribution >= 4 is 11.6 Å². The second-order valence-corrected chi connectivity index (χ2v) is 5.48. The van der Waals surface area contributed by atoms with E-state index in [1.54, 1.807) is 6.08 Å². The van der Waals surface area contributed by atoms with Crippen molar-refractivity contribution in [1.82, 2.24) is 0 Å². The fraction of sp³-hybridized carbons (Fsp3) is 0.471. The Hall–Kier alpha value is -2.01. The molecule has 1 N–H and O–H groups in total. The van der Waals surface area contributed by atoms with E-state index in [1.807, 2.05) is 12.1 Å². The molecule has 0 radical (unpaired) electrons. The molecule has 1 amide bonds. The third-order valence-electron chi connectivity index (χ3n) is 3.85. The largest absolute Gasteiger partial charge is 0.489 e. The Bertz CT molecular complexity index is 564. The minimum Gasteiger partial charge on any atom is -0.489 e. The second-order valence-electron chi connectivity index (χ2n) is 5.48. The van der Waals surface area contributed by atoms with E-state index in [1.165, 1.54) is 0 Å². The molecule has 22 heavy (non-hydrogen) atoms. The van der Waals surface area contributed by atoms with Gasteiger partial charge >= 0.3 is 0 Å². The highest BCUT2D eigenvalue weighted by Gasteiger charge is 2.25. The van der Waals surface area contributed by atoms with E-state index in [-0.39, 0.29) is 12.2 Å². The van der Waals surface area contributed by atoms with Crippen molar-refractivity contribution in [2.24, 2.45) is 0 Å². The van der Waals surface area contributed by atoms with Crippen LogP contribution in [0.4, 0.5) is 5.69 Å². The first-order valence-corrected chi connectivity index (χ1v) is 7.75. The van der Waals surface area contributed by atoms with E-state index in [9.17, 15) is 4.79 Å². The number of anilines is 1. The van der Waals surface area contributed by atoms with Gasteiger partial charge in [0.05, 0.1) is 12.3 Å². The molecule has 3 rings (SSSR count). The van der Waals surface area contributed by atoms with Gasteiger partial charge in [-0.15, -0.1) is 0 Å². The van der Waals surface area contributed by atoms with Gasteiger partial charge in [0.1, 0.15) is 18.1 Å². The summed E-state index contributed by atoms with van der Waals surface area (Å²) in [6, 6.07) is 3.72. The van der Waals surface area contributed by atoms with Crippen molar-refractivity contribution in [3.8, 4) is 11.5 Å². The molecule has 5 heteroatoms. The van der Waals surface area contributed by atoms with Crippen LogP contribution in [0.2, 0.25) is 0 Å². The summed E-state index contributed by atoms with van der Waals surface area (Å²) in [5.41, 5.74) is 1.70. The highest BCUT2D eigenvalue weighted by atomic mass is 16.7. The highest BCUT2D eigenvalue weighted by molar-refractivity contribution is 5.96. The Morgan fingerprint density at radius 3 is 2.95 bits per heavy atom. The summed E-state index contributed by atoms with van der Waals surface area (Å²) >= 11 is 0. The highest BCUT2D eigenvalue weighted by Crippen LogP contribution is 2.39. The molecule has 1 aromatic carbocycles. The van der Waals surface area contributed by atoms with Crippen molar-refractivity contribution in [2.75, 3.05) is 18.5 Å². The van der Waals surface area contributed by atoms with Crippen LogP contribution < -0.4 is 14.8 Å². The Morgan fingerprint density at radius 1 is 1.32 bits per heavy atom. The van der Waals surface area contributed by atoms with Gasteiger partial charge in [0.2, 0.25) is 5.91 Å². The number of rotatable bonds is 5. The lowest BCUT2D eigenvalue weighted by atomic mass is 10.0. The van der Waals surface area contributed by atoms with Gasteiger partial charge in [-0.05, 0) is 31.4 Å². The summed E-state index contributed by atoms with van der Waals surface area (Å²) < 4.78 is 17.2. The lowest BCUT2D eigenvalue weighted by Crippen LogP contribution is -2.27. The summed E-state index contributed by atoms with van der Waals surface area (Å²) in [4.78, 5) is 11.7. The SMILES string of the molecule is C=CCOc1ccc(OC2CCCCO2)c2c1CCC(=O)N2. The second kappa shape index (κ2) is 6.83. The number of carbonyl (C=O) groups is 1. The predicted molar refractivity (Wildman–Crippen MR) is 83.3 cm³/mol. The van der Waals surface area contributed by atoms with Crippen LogP contribution in [-0.4, -0.2) is 25.4 Å². The van der Waals surface area contributed by atoms with Gasteiger partial charge in [0.25, 0.3) is 0 Å². The van der Waals surface area contributed by atoms with Crippen LogP contribution in [-0.2, 0) is 16.0 Å². The normalized spacial score (nSPS) is 20.7. The molecule has 5 nitrogen and oxygen atoms in total. The number of amides is 1. The molecule has 1 unspecified atom stereocenters. The smallest absolute Gasteiger partial charge is 0.224 e. The maximum absolute atomic E-state index is 11.7. The van der Waals surface area contributed by atoms with Crippen LogP contribution in [0.3, 0.4) is 0 Å². The molecule has 1 saturated heterocycles. The first-order valence-electron chi connectivity index (χ1n) is 7.75. The van der Waals surface area contributed by atoms with E-state index in [2.05, 4.69) is 11.9 Å². The molecule has 2 aliphatic heterocycles. The molecule has 1 atom stereocenters. The maximum Gasteiger partial charge on any atom is 0.224 e. The molecule has 0 aliphatic carbocycles. The maximum atomic E-state index is 11.7. The molecule has 0 saturated carbocycles. The van der Waals surface area contributed by atoms with Crippen molar-refractivity contribution in [1.29, 1.82) is 0 Å². The number of fused-ring (bicyclic) bond motifs is 1. The first-order chi connectivity index (χ1) is 10.8. The molecule has 2 aliphatic rings. The Labute approximate surface area is 130 Å². The number of benzene rings is 1. The summed E-state index contributed by atoms with van der Waals surface area (Å²) in [6.45, 7) is 4.82. The third kappa shape index (κ3) is 3.25. The van der Waals surface area contributed by atoms with Gasteiger partial charge in [-0.3, -0.25) is 4.79 Å². The minimum atomic E-state index is -0.239. The van der Waals surface area contributed by atoms with E-state index in [0.29, 0.717) is 30.9 Å². The lowest BCUT2D eigenvalue weighted by molar-refractivity contribution is -0.116. The number of nitrogens with one attached hydrogen (secondary N) is 1. The minimum absolute atomic E-state index is 0.00258. The molecular formula is C17H21NO4. The standard InChI is InChI=1S/C17H21NO4/c1-2-10-20-13-7-8-14(22-16-5-3-4-11-21-16)17-12(13)6-9-15(19)18-17/h2,7-8,16H,1,3-6,9-11H2,(H,18,19). The zero-order valence-corrected chi connectivity index (χ0v) is 12.6. The summed E-state index contributed by atoms with van der Waals surface area (Å²) in [6.07, 6.45) is 5.61. The Balaban J connectivity index is 1.86. The fourth-order valence-corrected chi connectivity index (χ4v) is 2.76. The number of ether oxygens (including phenoxy) is 3. The first kappa shape index (κ1) is 14.9. The fourth-order valence-electron chi connectivity index (χ4n) is 2.76. The van der Waals surface area contributed by atoms with E-state index in [4.69, 9.17) is 14.2 Å². The molecular weight excluding hydrogens is 282 g/mol. The predicted octanol–water partition coefficient (Wildman–Crippen LogP) is 3.04. The lowest BCUT2D eigenvalue weighted by Gasteiger charge is -2.27. The molecule has 118 valence electrons. The zero-order chi connectivity index (χ0) is 15.4. The third-order valence-corrected chi connectivity index (χ3v) is 3.85. The molecule has 1 aromatic rings. The van der Waals surface area contributed by atoms with Gasteiger partial charge in [0.15, 0.2) is 6.29 Å². The monoisotopic (exact) mass is 303 g/mol.